The molecule has 0 bridgehead atoms. The number of benzene rings is 1. The van der Waals surface area contributed by atoms with Crippen molar-refractivity contribution in [2.45, 2.75) is 24.8 Å². The normalized spacial score (nSPS) is 23.8. The van der Waals surface area contributed by atoms with Gasteiger partial charge in [0.05, 0.1) is 5.92 Å². The standard InChI is InChI=1S/C17H19BrN2O3/c1-2-7-19-8-6-15(16(19)21)20-9-5-12(17(22)23)13-10-11(18)3-4-14(13)20/h2-4,10,12,15H,1,5-9H2,(H,22,23). The van der Waals surface area contributed by atoms with Crippen molar-refractivity contribution in [1.82, 2.24) is 4.90 Å². The molecule has 23 heavy (non-hydrogen) atoms. The number of hydrogen-bond donors (Lipinski definition) is 1. The zero-order chi connectivity index (χ0) is 16.6. The average molecular weight is 379 g/mol. The first-order chi connectivity index (χ1) is 11.0. The summed E-state index contributed by atoms with van der Waals surface area (Å²) in [7, 11) is 0. The summed E-state index contributed by atoms with van der Waals surface area (Å²) < 4.78 is 0.857. The topological polar surface area (TPSA) is 60.9 Å². The van der Waals surface area contributed by atoms with Gasteiger partial charge in [0.1, 0.15) is 6.04 Å². The van der Waals surface area contributed by atoms with Crippen LogP contribution in [0.5, 0.6) is 0 Å². The van der Waals surface area contributed by atoms with Gasteiger partial charge < -0.3 is 14.9 Å². The van der Waals surface area contributed by atoms with Gasteiger partial charge in [-0.2, -0.15) is 0 Å². The third-order valence-electron chi connectivity index (χ3n) is 4.63. The summed E-state index contributed by atoms with van der Waals surface area (Å²) >= 11 is 3.41. The van der Waals surface area contributed by atoms with Crippen LogP contribution in [0.25, 0.3) is 0 Å². The Kier molecular flexibility index (Phi) is 4.43. The van der Waals surface area contributed by atoms with Gasteiger partial charge in [0.2, 0.25) is 5.91 Å². The fraction of sp³-hybridized carbons (Fsp3) is 0.412. The van der Waals surface area contributed by atoms with E-state index >= 15 is 0 Å². The van der Waals surface area contributed by atoms with E-state index in [-0.39, 0.29) is 11.9 Å². The molecule has 2 heterocycles. The number of aliphatic carboxylic acids is 1. The third kappa shape index (κ3) is 2.87. The Labute approximate surface area is 143 Å². The molecule has 1 aromatic carbocycles. The van der Waals surface area contributed by atoms with Crippen LogP contribution in [0.1, 0.15) is 24.3 Å². The average Bonchev–Trinajstić information content (AvgIpc) is 2.87. The summed E-state index contributed by atoms with van der Waals surface area (Å²) in [6.07, 6.45) is 3.02. The van der Waals surface area contributed by atoms with E-state index in [0.717, 1.165) is 28.7 Å². The minimum Gasteiger partial charge on any atom is -0.481 e. The number of carboxylic acid groups (broad SMARTS) is 1. The van der Waals surface area contributed by atoms with E-state index < -0.39 is 11.9 Å². The molecular weight excluding hydrogens is 360 g/mol. The molecule has 0 spiro atoms. The molecule has 1 saturated heterocycles. The molecule has 1 fully saturated rings. The summed E-state index contributed by atoms with van der Waals surface area (Å²) in [6, 6.07) is 5.47. The molecule has 0 aliphatic carbocycles. The first-order valence-corrected chi connectivity index (χ1v) is 8.50. The highest BCUT2D eigenvalue weighted by molar-refractivity contribution is 9.10. The van der Waals surface area contributed by atoms with Crippen LogP contribution in [0, 0.1) is 0 Å². The van der Waals surface area contributed by atoms with E-state index in [4.69, 9.17) is 0 Å². The Hall–Kier alpha value is -1.82. The maximum atomic E-state index is 12.6. The Balaban J connectivity index is 1.93. The lowest BCUT2D eigenvalue weighted by Gasteiger charge is -2.37. The number of carbonyl (C=O) groups excluding carboxylic acids is 1. The summed E-state index contributed by atoms with van der Waals surface area (Å²) in [6.45, 7) is 5.57. The molecule has 0 radical (unpaired) electrons. The lowest BCUT2D eigenvalue weighted by molar-refractivity contribution is -0.139. The zero-order valence-corrected chi connectivity index (χ0v) is 14.3. The van der Waals surface area contributed by atoms with E-state index in [1.807, 2.05) is 18.2 Å². The van der Waals surface area contributed by atoms with Crippen molar-refractivity contribution in [3.8, 4) is 0 Å². The molecule has 6 heteroatoms. The molecular formula is C17H19BrN2O3. The number of amides is 1. The van der Waals surface area contributed by atoms with Crippen molar-refractivity contribution in [2.75, 3.05) is 24.5 Å². The number of hydrogen-bond acceptors (Lipinski definition) is 3. The van der Waals surface area contributed by atoms with Crippen molar-refractivity contribution in [2.24, 2.45) is 0 Å². The summed E-state index contributed by atoms with van der Waals surface area (Å²) in [5.41, 5.74) is 1.65. The SMILES string of the molecule is C=CCN1CCC(N2CCC(C(=O)O)c3cc(Br)ccc32)C1=O. The van der Waals surface area contributed by atoms with Gasteiger partial charge in [0.25, 0.3) is 0 Å². The Bertz CT molecular complexity index is 661. The van der Waals surface area contributed by atoms with Crippen LogP contribution in [-0.4, -0.2) is 47.6 Å². The zero-order valence-electron chi connectivity index (χ0n) is 12.7. The maximum absolute atomic E-state index is 12.6. The monoisotopic (exact) mass is 378 g/mol. The lowest BCUT2D eigenvalue weighted by Crippen LogP contribution is -2.45. The largest absolute Gasteiger partial charge is 0.481 e. The van der Waals surface area contributed by atoms with Gasteiger partial charge in [0, 0.05) is 29.8 Å². The molecule has 2 unspecified atom stereocenters. The minimum absolute atomic E-state index is 0.104. The molecule has 1 aromatic rings. The van der Waals surface area contributed by atoms with Gasteiger partial charge >= 0.3 is 5.97 Å². The molecule has 1 amide bonds. The first-order valence-electron chi connectivity index (χ1n) is 7.71. The second kappa shape index (κ2) is 6.35. The molecule has 2 aliphatic rings. The lowest BCUT2D eigenvalue weighted by atomic mass is 9.89. The fourth-order valence-electron chi connectivity index (χ4n) is 3.54. The quantitative estimate of drug-likeness (QED) is 0.818. The number of anilines is 1. The maximum Gasteiger partial charge on any atom is 0.311 e. The van der Waals surface area contributed by atoms with Crippen molar-refractivity contribution >= 4 is 33.5 Å². The Morgan fingerprint density at radius 1 is 1.39 bits per heavy atom. The fourth-order valence-corrected chi connectivity index (χ4v) is 3.92. The smallest absolute Gasteiger partial charge is 0.311 e. The van der Waals surface area contributed by atoms with E-state index in [1.165, 1.54) is 0 Å². The molecule has 0 saturated carbocycles. The molecule has 0 aromatic heterocycles. The molecule has 2 atom stereocenters. The third-order valence-corrected chi connectivity index (χ3v) is 5.12. The Morgan fingerprint density at radius 3 is 2.87 bits per heavy atom. The highest BCUT2D eigenvalue weighted by Crippen LogP contribution is 2.39. The van der Waals surface area contributed by atoms with E-state index in [9.17, 15) is 14.7 Å². The van der Waals surface area contributed by atoms with Gasteiger partial charge in [-0.1, -0.05) is 22.0 Å². The molecule has 3 rings (SSSR count). The van der Waals surface area contributed by atoms with Gasteiger partial charge in [-0.3, -0.25) is 9.59 Å². The van der Waals surface area contributed by atoms with Gasteiger partial charge in [-0.25, -0.2) is 0 Å². The predicted octanol–water partition coefficient (Wildman–Crippen LogP) is 2.61. The molecule has 2 aliphatic heterocycles. The number of nitrogens with zero attached hydrogens (tertiary/aromatic N) is 2. The number of fused-ring (bicyclic) bond motifs is 1. The van der Waals surface area contributed by atoms with Crippen molar-refractivity contribution in [3.63, 3.8) is 0 Å². The molecule has 5 nitrogen and oxygen atoms in total. The van der Waals surface area contributed by atoms with E-state index in [2.05, 4.69) is 27.4 Å². The number of halogens is 1. The van der Waals surface area contributed by atoms with Crippen molar-refractivity contribution < 1.29 is 14.7 Å². The van der Waals surface area contributed by atoms with Crippen molar-refractivity contribution in [1.29, 1.82) is 0 Å². The van der Waals surface area contributed by atoms with Gasteiger partial charge in [-0.05, 0) is 36.6 Å². The van der Waals surface area contributed by atoms with E-state index in [1.54, 1.807) is 11.0 Å². The Morgan fingerprint density at radius 2 is 2.17 bits per heavy atom. The summed E-state index contributed by atoms with van der Waals surface area (Å²) in [5.74, 6) is -1.22. The molecule has 122 valence electrons. The highest BCUT2D eigenvalue weighted by atomic mass is 79.9. The minimum atomic E-state index is -0.810. The summed E-state index contributed by atoms with van der Waals surface area (Å²) in [4.78, 5) is 28.0. The van der Waals surface area contributed by atoms with Crippen LogP contribution >= 0.6 is 15.9 Å². The second-order valence-electron chi connectivity index (χ2n) is 5.95. The van der Waals surface area contributed by atoms with Crippen LogP contribution in [0.3, 0.4) is 0 Å². The molecule has 1 N–H and O–H groups in total. The summed E-state index contributed by atoms with van der Waals surface area (Å²) in [5, 5.41) is 9.47. The number of carbonyl (C=O) groups is 2. The predicted molar refractivity (Wildman–Crippen MR) is 91.7 cm³/mol. The van der Waals surface area contributed by atoms with Crippen LogP contribution in [0.15, 0.2) is 35.3 Å². The number of carboxylic acids is 1. The highest BCUT2D eigenvalue weighted by Gasteiger charge is 2.40. The van der Waals surface area contributed by atoms with Gasteiger partial charge in [0.15, 0.2) is 0 Å². The second-order valence-corrected chi connectivity index (χ2v) is 6.87. The number of likely N-dealkylation sites (tertiary alicyclic amines) is 1. The van der Waals surface area contributed by atoms with Gasteiger partial charge in [-0.15, -0.1) is 6.58 Å². The van der Waals surface area contributed by atoms with Crippen LogP contribution < -0.4 is 4.90 Å². The first kappa shape index (κ1) is 16.1. The number of rotatable bonds is 4. The van der Waals surface area contributed by atoms with E-state index in [0.29, 0.717) is 19.5 Å². The van der Waals surface area contributed by atoms with Crippen molar-refractivity contribution in [3.05, 3.63) is 40.9 Å². The van der Waals surface area contributed by atoms with Crippen LogP contribution in [-0.2, 0) is 9.59 Å². The van der Waals surface area contributed by atoms with Crippen LogP contribution in [0.2, 0.25) is 0 Å². The van der Waals surface area contributed by atoms with Crippen LogP contribution in [0.4, 0.5) is 5.69 Å².